The third-order valence-electron chi connectivity index (χ3n) is 5.56. The summed E-state index contributed by atoms with van der Waals surface area (Å²) in [6.07, 6.45) is 4.70. The lowest BCUT2D eigenvalue weighted by Crippen LogP contribution is -2.55. The van der Waals surface area contributed by atoms with E-state index in [1.54, 1.807) is 0 Å². The van der Waals surface area contributed by atoms with Crippen LogP contribution in [-0.2, 0) is 16.8 Å². The molecule has 0 saturated carbocycles. The molecule has 0 bridgehead atoms. The summed E-state index contributed by atoms with van der Waals surface area (Å²) in [6.45, 7) is 4.82. The summed E-state index contributed by atoms with van der Waals surface area (Å²) < 4.78 is 0. The van der Waals surface area contributed by atoms with Crippen LogP contribution in [-0.4, -0.2) is 35.4 Å². The quantitative estimate of drug-likeness (QED) is 0.896. The van der Waals surface area contributed by atoms with Crippen molar-refractivity contribution in [3.8, 4) is 0 Å². The first-order valence-electron chi connectivity index (χ1n) is 8.86. The van der Waals surface area contributed by atoms with Gasteiger partial charge >= 0.3 is 0 Å². The van der Waals surface area contributed by atoms with Gasteiger partial charge in [-0.3, -0.25) is 4.79 Å². The zero-order valence-corrected chi connectivity index (χ0v) is 13.8. The smallest absolute Gasteiger partial charge is 0.222 e. The zero-order chi connectivity index (χ0) is 15.9. The van der Waals surface area contributed by atoms with Gasteiger partial charge in [0.05, 0.1) is 5.54 Å². The Labute approximate surface area is 137 Å². The third kappa shape index (κ3) is 2.36. The molecule has 1 aromatic heterocycles. The van der Waals surface area contributed by atoms with E-state index < -0.39 is 0 Å². The lowest BCUT2D eigenvalue weighted by Gasteiger charge is -2.44. The summed E-state index contributed by atoms with van der Waals surface area (Å²) in [4.78, 5) is 17.9. The van der Waals surface area contributed by atoms with Crippen molar-refractivity contribution in [1.29, 1.82) is 0 Å². The Morgan fingerprint density at radius 3 is 2.83 bits per heavy atom. The highest BCUT2D eigenvalue weighted by atomic mass is 16.2. The van der Waals surface area contributed by atoms with Crippen molar-refractivity contribution in [1.82, 2.24) is 15.2 Å². The molecule has 0 aliphatic carbocycles. The Hall–Kier alpha value is -1.81. The Bertz CT molecular complexity index is 725. The molecule has 1 spiro atoms. The molecule has 3 heterocycles. The highest BCUT2D eigenvalue weighted by Crippen LogP contribution is 2.40. The minimum absolute atomic E-state index is 0.0234. The molecule has 4 nitrogen and oxygen atoms in total. The second kappa shape index (κ2) is 5.68. The Morgan fingerprint density at radius 1 is 1.26 bits per heavy atom. The number of benzene rings is 1. The molecule has 2 aromatic rings. The second-order valence-corrected chi connectivity index (χ2v) is 6.91. The van der Waals surface area contributed by atoms with Crippen LogP contribution < -0.4 is 5.32 Å². The lowest BCUT2D eigenvalue weighted by atomic mass is 9.79. The van der Waals surface area contributed by atoms with Crippen LogP contribution in [0.1, 0.15) is 43.9 Å². The van der Waals surface area contributed by atoms with Gasteiger partial charge in [0.25, 0.3) is 0 Å². The van der Waals surface area contributed by atoms with Gasteiger partial charge in [0.15, 0.2) is 0 Å². The average Bonchev–Trinajstić information content (AvgIpc) is 2.96. The Kier molecular flexibility index (Phi) is 3.64. The Balaban J connectivity index is 1.63. The van der Waals surface area contributed by atoms with Gasteiger partial charge in [-0.2, -0.15) is 0 Å². The van der Waals surface area contributed by atoms with Crippen molar-refractivity contribution in [3.05, 3.63) is 35.5 Å². The number of nitrogens with one attached hydrogen (secondary N) is 2. The van der Waals surface area contributed by atoms with Crippen molar-refractivity contribution in [2.24, 2.45) is 0 Å². The van der Waals surface area contributed by atoms with Crippen LogP contribution in [0, 0.1) is 0 Å². The third-order valence-corrected chi connectivity index (χ3v) is 5.56. The van der Waals surface area contributed by atoms with E-state index in [-0.39, 0.29) is 5.54 Å². The summed E-state index contributed by atoms with van der Waals surface area (Å²) in [5, 5.41) is 5.14. The molecule has 2 N–H and O–H groups in total. The van der Waals surface area contributed by atoms with Gasteiger partial charge in [-0.15, -0.1) is 0 Å². The number of amides is 1. The van der Waals surface area contributed by atoms with Crippen LogP contribution in [0.25, 0.3) is 10.9 Å². The van der Waals surface area contributed by atoms with E-state index in [4.69, 9.17) is 0 Å². The number of likely N-dealkylation sites (tertiary alicyclic amines) is 1. The van der Waals surface area contributed by atoms with Crippen LogP contribution in [0.4, 0.5) is 0 Å². The molecular weight excluding hydrogens is 286 g/mol. The van der Waals surface area contributed by atoms with E-state index in [1.807, 2.05) is 4.90 Å². The molecule has 0 radical (unpaired) electrons. The number of piperidine rings is 1. The maximum Gasteiger partial charge on any atom is 0.222 e. The maximum absolute atomic E-state index is 12.2. The van der Waals surface area contributed by atoms with Gasteiger partial charge in [0, 0.05) is 42.7 Å². The minimum Gasteiger partial charge on any atom is -0.357 e. The highest BCUT2D eigenvalue weighted by Gasteiger charge is 2.41. The number of aromatic nitrogens is 1. The van der Waals surface area contributed by atoms with Gasteiger partial charge in [-0.25, -0.2) is 0 Å². The fourth-order valence-electron chi connectivity index (χ4n) is 4.32. The SMILES string of the molecule is CCCC(=O)N1CCC2(CC1)NCCc1c2[nH]c2ccccc12. The lowest BCUT2D eigenvalue weighted by molar-refractivity contribution is -0.133. The first-order valence-corrected chi connectivity index (χ1v) is 8.86. The topological polar surface area (TPSA) is 48.1 Å². The van der Waals surface area contributed by atoms with Gasteiger partial charge in [-0.05, 0) is 37.3 Å². The zero-order valence-electron chi connectivity index (χ0n) is 13.8. The minimum atomic E-state index is 0.0234. The molecule has 1 amide bonds. The van der Waals surface area contributed by atoms with Crippen molar-refractivity contribution >= 4 is 16.8 Å². The van der Waals surface area contributed by atoms with Gasteiger partial charge < -0.3 is 15.2 Å². The fraction of sp³-hybridized carbons (Fsp3) is 0.526. The average molecular weight is 311 g/mol. The standard InChI is InChI=1S/C19H25N3O/c1-2-5-17(23)22-12-9-19(10-13-22)18-15(8-11-20-19)14-6-3-4-7-16(14)21-18/h3-4,6-7,20-21H,2,5,8-13H2,1H3. The summed E-state index contributed by atoms with van der Waals surface area (Å²) in [7, 11) is 0. The Morgan fingerprint density at radius 2 is 2.04 bits per heavy atom. The molecule has 2 aliphatic heterocycles. The van der Waals surface area contributed by atoms with E-state index in [1.165, 1.54) is 22.2 Å². The highest BCUT2D eigenvalue weighted by molar-refractivity contribution is 5.85. The predicted molar refractivity (Wildman–Crippen MR) is 92.4 cm³/mol. The van der Waals surface area contributed by atoms with Crippen molar-refractivity contribution in [3.63, 3.8) is 0 Å². The largest absolute Gasteiger partial charge is 0.357 e. The van der Waals surface area contributed by atoms with Crippen LogP contribution >= 0.6 is 0 Å². The summed E-state index contributed by atoms with van der Waals surface area (Å²) in [5.41, 5.74) is 4.11. The molecule has 1 saturated heterocycles. The molecule has 23 heavy (non-hydrogen) atoms. The molecular formula is C19H25N3O. The van der Waals surface area contributed by atoms with E-state index in [9.17, 15) is 4.79 Å². The molecule has 4 rings (SSSR count). The number of H-pyrrole nitrogens is 1. The normalized spacial score (nSPS) is 20.0. The molecule has 122 valence electrons. The van der Waals surface area contributed by atoms with E-state index in [0.29, 0.717) is 12.3 Å². The van der Waals surface area contributed by atoms with Gasteiger partial charge in [0.2, 0.25) is 5.91 Å². The van der Waals surface area contributed by atoms with E-state index in [0.717, 1.165) is 45.3 Å². The number of fused-ring (bicyclic) bond motifs is 4. The first kappa shape index (κ1) is 14.8. The van der Waals surface area contributed by atoms with E-state index in [2.05, 4.69) is 41.5 Å². The summed E-state index contributed by atoms with van der Waals surface area (Å²) in [5.74, 6) is 0.315. The van der Waals surface area contributed by atoms with E-state index >= 15 is 0 Å². The van der Waals surface area contributed by atoms with Gasteiger partial charge in [0.1, 0.15) is 0 Å². The van der Waals surface area contributed by atoms with Crippen LogP contribution in [0.2, 0.25) is 0 Å². The number of aromatic amines is 1. The molecule has 0 atom stereocenters. The maximum atomic E-state index is 12.2. The number of nitrogens with zero attached hydrogens (tertiary/aromatic N) is 1. The number of hydrogen-bond acceptors (Lipinski definition) is 2. The summed E-state index contributed by atoms with van der Waals surface area (Å²) >= 11 is 0. The van der Waals surface area contributed by atoms with Crippen molar-refractivity contribution < 1.29 is 4.79 Å². The molecule has 1 fully saturated rings. The van der Waals surface area contributed by atoms with Crippen LogP contribution in [0.5, 0.6) is 0 Å². The number of para-hydroxylation sites is 1. The van der Waals surface area contributed by atoms with Gasteiger partial charge in [-0.1, -0.05) is 25.1 Å². The number of rotatable bonds is 2. The molecule has 0 unspecified atom stereocenters. The first-order chi connectivity index (χ1) is 11.2. The molecule has 1 aromatic carbocycles. The monoisotopic (exact) mass is 311 g/mol. The second-order valence-electron chi connectivity index (χ2n) is 6.91. The molecule has 4 heteroatoms. The number of carbonyl (C=O) groups is 1. The predicted octanol–water partition coefficient (Wildman–Crippen LogP) is 2.93. The van der Waals surface area contributed by atoms with Crippen LogP contribution in [0.15, 0.2) is 24.3 Å². The number of carbonyl (C=O) groups excluding carboxylic acids is 1. The fourth-order valence-corrected chi connectivity index (χ4v) is 4.32. The summed E-state index contributed by atoms with van der Waals surface area (Å²) in [6, 6.07) is 8.61. The number of hydrogen-bond donors (Lipinski definition) is 2. The van der Waals surface area contributed by atoms with Crippen molar-refractivity contribution in [2.45, 2.75) is 44.6 Å². The molecule has 2 aliphatic rings. The van der Waals surface area contributed by atoms with Crippen LogP contribution in [0.3, 0.4) is 0 Å². The van der Waals surface area contributed by atoms with Crippen molar-refractivity contribution in [2.75, 3.05) is 19.6 Å².